The number of hydrogen-bond donors (Lipinski definition) is 0. The number of sulfonamides is 1. The molecule has 0 unspecified atom stereocenters. The molecule has 4 heterocycles. The maximum Gasteiger partial charge on any atom is 0.245 e. The second-order valence-electron chi connectivity index (χ2n) is 9.99. The van der Waals surface area contributed by atoms with Crippen LogP contribution in [0.1, 0.15) is 31.5 Å². The summed E-state index contributed by atoms with van der Waals surface area (Å²) >= 11 is 1.01. The molecule has 2 aliphatic rings. The molecule has 0 aliphatic carbocycles. The molecule has 0 radical (unpaired) electrons. The fourth-order valence-corrected chi connectivity index (χ4v) is 7.77. The van der Waals surface area contributed by atoms with Gasteiger partial charge in [-0.25, -0.2) is 8.42 Å². The van der Waals surface area contributed by atoms with Crippen molar-refractivity contribution in [3.8, 4) is 5.69 Å². The van der Waals surface area contributed by atoms with Gasteiger partial charge in [-0.05, 0) is 55.9 Å². The molecule has 2 saturated heterocycles. The number of benzene rings is 2. The fraction of sp³-hybridized carbons (Fsp3) is 0.423. The number of hydrogen-bond acceptors (Lipinski definition) is 8. The van der Waals surface area contributed by atoms with Gasteiger partial charge in [0.1, 0.15) is 28.1 Å². The van der Waals surface area contributed by atoms with Crippen molar-refractivity contribution < 1.29 is 13.2 Å². The van der Waals surface area contributed by atoms with E-state index in [4.69, 9.17) is 0 Å². The molecule has 4 aromatic rings. The van der Waals surface area contributed by atoms with E-state index in [0.29, 0.717) is 42.9 Å². The Labute approximate surface area is 225 Å². The molecule has 0 atom stereocenters. The second kappa shape index (κ2) is 10.5. The summed E-state index contributed by atoms with van der Waals surface area (Å²) in [5.74, 6) is 1.40. The van der Waals surface area contributed by atoms with Gasteiger partial charge >= 0.3 is 0 Å². The van der Waals surface area contributed by atoms with Gasteiger partial charge in [-0.1, -0.05) is 24.3 Å². The first-order valence-electron chi connectivity index (χ1n) is 13.0. The van der Waals surface area contributed by atoms with Crippen LogP contribution >= 0.6 is 11.7 Å². The van der Waals surface area contributed by atoms with E-state index < -0.39 is 10.0 Å². The molecule has 0 saturated carbocycles. The number of nitrogens with zero attached hydrogens (tertiary/aromatic N) is 7. The third kappa shape index (κ3) is 4.83. The van der Waals surface area contributed by atoms with E-state index in [-0.39, 0.29) is 16.7 Å². The molecule has 12 heteroatoms. The normalized spacial score (nSPS) is 18.3. The summed E-state index contributed by atoms with van der Waals surface area (Å²) < 4.78 is 38.5. The summed E-state index contributed by atoms with van der Waals surface area (Å²) in [6.45, 7) is 2.11. The number of rotatable bonds is 6. The van der Waals surface area contributed by atoms with Crippen LogP contribution in [0.15, 0.2) is 59.8 Å². The van der Waals surface area contributed by atoms with E-state index in [1.807, 2.05) is 39.8 Å². The van der Waals surface area contributed by atoms with Gasteiger partial charge in [-0.3, -0.25) is 9.36 Å². The smallest absolute Gasteiger partial charge is 0.245 e. The Morgan fingerprint density at radius 1 is 0.921 bits per heavy atom. The molecule has 6 rings (SSSR count). The SMILES string of the molecule is O=C(C1CCN(S(=O)(=O)c2cccc3nsnc23)CC1)N1CCC(Cc2nncn2-c2ccccc2)CC1. The number of carbonyl (C=O) groups excluding carboxylic acids is 1. The first-order valence-corrected chi connectivity index (χ1v) is 15.1. The highest BCUT2D eigenvalue weighted by Gasteiger charge is 2.36. The summed E-state index contributed by atoms with van der Waals surface area (Å²) in [6, 6.07) is 15.1. The van der Waals surface area contributed by atoms with Crippen LogP contribution in [0.2, 0.25) is 0 Å². The highest BCUT2D eigenvalue weighted by molar-refractivity contribution is 7.89. The molecule has 10 nitrogen and oxygen atoms in total. The fourth-order valence-electron chi connectivity index (χ4n) is 5.55. The quantitative estimate of drug-likeness (QED) is 0.362. The van der Waals surface area contributed by atoms with Crippen molar-refractivity contribution in [1.82, 2.24) is 32.7 Å². The molecule has 2 aromatic carbocycles. The minimum Gasteiger partial charge on any atom is -0.342 e. The van der Waals surface area contributed by atoms with Gasteiger partial charge in [0, 0.05) is 44.2 Å². The average molecular weight is 552 g/mol. The van der Waals surface area contributed by atoms with Crippen LogP contribution in [0.5, 0.6) is 0 Å². The first-order chi connectivity index (χ1) is 18.5. The molecule has 2 aliphatic heterocycles. The van der Waals surface area contributed by atoms with Crippen molar-refractivity contribution in [1.29, 1.82) is 0 Å². The van der Waals surface area contributed by atoms with E-state index in [9.17, 15) is 13.2 Å². The Hall–Kier alpha value is -3.22. The average Bonchev–Trinajstić information content (AvgIpc) is 3.63. The van der Waals surface area contributed by atoms with Crippen LogP contribution in [-0.2, 0) is 21.2 Å². The van der Waals surface area contributed by atoms with Gasteiger partial charge in [-0.2, -0.15) is 13.1 Å². The molecular weight excluding hydrogens is 522 g/mol. The Morgan fingerprint density at radius 2 is 1.68 bits per heavy atom. The van der Waals surface area contributed by atoms with Crippen molar-refractivity contribution in [3.05, 3.63) is 60.7 Å². The Morgan fingerprint density at radius 3 is 2.45 bits per heavy atom. The topological polar surface area (TPSA) is 114 Å². The largest absolute Gasteiger partial charge is 0.342 e. The van der Waals surface area contributed by atoms with E-state index in [0.717, 1.165) is 55.6 Å². The predicted molar refractivity (Wildman–Crippen MR) is 143 cm³/mol. The van der Waals surface area contributed by atoms with Crippen LogP contribution in [-0.4, -0.2) is 73.2 Å². The van der Waals surface area contributed by atoms with Gasteiger partial charge in [0.25, 0.3) is 0 Å². The minimum atomic E-state index is -3.69. The van der Waals surface area contributed by atoms with E-state index >= 15 is 0 Å². The molecule has 0 N–H and O–H groups in total. The number of aromatic nitrogens is 5. The first kappa shape index (κ1) is 25.1. The van der Waals surface area contributed by atoms with E-state index in [1.165, 1.54) is 4.31 Å². The van der Waals surface area contributed by atoms with Crippen LogP contribution in [0.4, 0.5) is 0 Å². The van der Waals surface area contributed by atoms with Crippen LogP contribution in [0.25, 0.3) is 16.7 Å². The predicted octanol–water partition coefficient (Wildman–Crippen LogP) is 3.15. The summed E-state index contributed by atoms with van der Waals surface area (Å²) in [7, 11) is -3.69. The molecule has 38 heavy (non-hydrogen) atoms. The summed E-state index contributed by atoms with van der Waals surface area (Å²) in [6.07, 6.45) is 5.49. The van der Waals surface area contributed by atoms with Crippen molar-refractivity contribution >= 4 is 38.7 Å². The second-order valence-corrected chi connectivity index (χ2v) is 12.4. The highest BCUT2D eigenvalue weighted by Crippen LogP contribution is 2.30. The van der Waals surface area contributed by atoms with Gasteiger partial charge < -0.3 is 4.90 Å². The molecule has 1 amide bonds. The molecule has 0 bridgehead atoms. The van der Waals surface area contributed by atoms with Crippen LogP contribution in [0, 0.1) is 11.8 Å². The van der Waals surface area contributed by atoms with Gasteiger partial charge in [-0.15, -0.1) is 10.2 Å². The Kier molecular flexibility index (Phi) is 6.93. The number of likely N-dealkylation sites (tertiary alicyclic amines) is 1. The molecule has 198 valence electrons. The lowest BCUT2D eigenvalue weighted by molar-refractivity contribution is -0.138. The van der Waals surface area contributed by atoms with Crippen molar-refractivity contribution in [2.75, 3.05) is 26.2 Å². The van der Waals surface area contributed by atoms with E-state index in [2.05, 4.69) is 18.9 Å². The summed E-state index contributed by atoms with van der Waals surface area (Å²) in [5, 5.41) is 8.47. The summed E-state index contributed by atoms with van der Waals surface area (Å²) in [4.78, 5) is 15.5. The van der Waals surface area contributed by atoms with Crippen molar-refractivity contribution in [2.45, 2.75) is 37.0 Å². The summed E-state index contributed by atoms with van der Waals surface area (Å²) in [5.41, 5.74) is 2.05. The zero-order valence-corrected chi connectivity index (χ0v) is 22.5. The molecular formula is C26H29N7O3S2. The number of carbonyl (C=O) groups is 1. The minimum absolute atomic E-state index is 0.143. The number of fused-ring (bicyclic) bond motifs is 1. The number of para-hydroxylation sites is 1. The molecule has 0 spiro atoms. The maximum atomic E-state index is 13.3. The third-order valence-corrected chi connectivity index (χ3v) is 10.2. The highest BCUT2D eigenvalue weighted by atomic mass is 32.2. The third-order valence-electron chi connectivity index (χ3n) is 7.72. The molecule has 2 aromatic heterocycles. The number of amides is 1. The Balaban J connectivity index is 1.03. The lowest BCUT2D eigenvalue weighted by Crippen LogP contribution is -2.46. The molecule has 2 fully saturated rings. The van der Waals surface area contributed by atoms with Gasteiger partial charge in [0.05, 0.1) is 11.7 Å². The van der Waals surface area contributed by atoms with Crippen molar-refractivity contribution in [2.24, 2.45) is 11.8 Å². The zero-order valence-electron chi connectivity index (χ0n) is 20.9. The number of piperidine rings is 2. The Bertz CT molecular complexity index is 1520. The lowest BCUT2D eigenvalue weighted by atomic mass is 9.90. The van der Waals surface area contributed by atoms with E-state index in [1.54, 1.807) is 24.5 Å². The van der Waals surface area contributed by atoms with Gasteiger partial charge in [0.15, 0.2) is 0 Å². The monoisotopic (exact) mass is 551 g/mol. The van der Waals surface area contributed by atoms with Gasteiger partial charge in [0.2, 0.25) is 15.9 Å². The van der Waals surface area contributed by atoms with Crippen LogP contribution in [0.3, 0.4) is 0 Å². The standard InChI is InChI=1S/C26H29N7O3S2/c34-26(20-11-15-32(16-12-20)38(35,36)23-8-4-7-22-25(23)30-37-29-22)31-13-9-19(10-14-31)17-24-28-27-18-33(24)21-5-2-1-3-6-21/h1-8,18-20H,9-17H2. The van der Waals surface area contributed by atoms with Crippen LogP contribution < -0.4 is 0 Å². The maximum absolute atomic E-state index is 13.3. The zero-order chi connectivity index (χ0) is 26.1. The lowest BCUT2D eigenvalue weighted by Gasteiger charge is -2.37. The van der Waals surface area contributed by atoms with Crippen molar-refractivity contribution in [3.63, 3.8) is 0 Å².